The molecule has 0 saturated carbocycles. The fourth-order valence-corrected chi connectivity index (χ4v) is 1.39. The summed E-state index contributed by atoms with van der Waals surface area (Å²) in [5.41, 5.74) is -0.510. The second kappa shape index (κ2) is 8.51. The Morgan fingerprint density at radius 3 is 2.56 bits per heavy atom. The quantitative estimate of drug-likeness (QED) is 0.610. The molecule has 0 heterocycles. The maximum atomic E-state index is 8.98. The van der Waals surface area contributed by atoms with Crippen LogP contribution in [-0.2, 0) is 9.47 Å². The van der Waals surface area contributed by atoms with Crippen molar-refractivity contribution in [2.24, 2.45) is 0 Å². The van der Waals surface area contributed by atoms with E-state index in [1.165, 1.54) is 0 Å². The number of hydrogen-bond acceptors (Lipinski definition) is 4. The Hall–Kier alpha value is -0.630. The number of rotatable bonds is 9. The highest BCUT2D eigenvalue weighted by Crippen LogP contribution is 2.12. The number of nitrogens with one attached hydrogen (secondary N) is 1. The first kappa shape index (κ1) is 15.4. The van der Waals surface area contributed by atoms with Gasteiger partial charge < -0.3 is 14.8 Å². The molecule has 0 aliphatic carbocycles. The van der Waals surface area contributed by atoms with E-state index in [2.05, 4.69) is 18.3 Å². The van der Waals surface area contributed by atoms with Crippen LogP contribution in [0.3, 0.4) is 0 Å². The Labute approximate surface area is 98.9 Å². The SMILES string of the molecule is CCCOCCOC(C)CC(C)(C#N)NC. The fraction of sp³-hybridized carbons (Fsp3) is 0.917. The van der Waals surface area contributed by atoms with Crippen LogP contribution in [0.4, 0.5) is 0 Å². The minimum atomic E-state index is -0.510. The van der Waals surface area contributed by atoms with Gasteiger partial charge in [-0.05, 0) is 27.3 Å². The largest absolute Gasteiger partial charge is 0.379 e. The predicted molar refractivity (Wildman–Crippen MR) is 64.2 cm³/mol. The molecule has 0 radical (unpaired) electrons. The van der Waals surface area contributed by atoms with Crippen molar-refractivity contribution in [1.82, 2.24) is 5.32 Å². The average molecular weight is 228 g/mol. The van der Waals surface area contributed by atoms with Gasteiger partial charge in [-0.3, -0.25) is 0 Å². The smallest absolute Gasteiger partial charge is 0.106 e. The summed E-state index contributed by atoms with van der Waals surface area (Å²) < 4.78 is 10.9. The second-order valence-corrected chi connectivity index (χ2v) is 4.19. The van der Waals surface area contributed by atoms with E-state index in [1.54, 1.807) is 7.05 Å². The molecule has 4 heteroatoms. The van der Waals surface area contributed by atoms with E-state index in [4.69, 9.17) is 14.7 Å². The summed E-state index contributed by atoms with van der Waals surface area (Å²) in [4.78, 5) is 0. The highest BCUT2D eigenvalue weighted by Gasteiger charge is 2.24. The Kier molecular flexibility index (Phi) is 8.18. The normalized spacial score (nSPS) is 16.4. The van der Waals surface area contributed by atoms with Gasteiger partial charge in [0.05, 0.1) is 25.4 Å². The van der Waals surface area contributed by atoms with Crippen molar-refractivity contribution < 1.29 is 9.47 Å². The van der Waals surface area contributed by atoms with E-state index in [0.29, 0.717) is 19.6 Å². The van der Waals surface area contributed by atoms with Crippen LogP contribution in [0.5, 0.6) is 0 Å². The van der Waals surface area contributed by atoms with E-state index in [1.807, 2.05) is 13.8 Å². The van der Waals surface area contributed by atoms with E-state index < -0.39 is 5.54 Å². The minimum absolute atomic E-state index is 0.0577. The van der Waals surface area contributed by atoms with Gasteiger partial charge in [0.1, 0.15) is 5.54 Å². The number of ether oxygens (including phenoxy) is 2. The Morgan fingerprint density at radius 1 is 1.38 bits per heavy atom. The summed E-state index contributed by atoms with van der Waals surface area (Å²) in [6.45, 7) is 7.93. The van der Waals surface area contributed by atoms with Crippen LogP contribution in [0.1, 0.15) is 33.6 Å². The summed E-state index contributed by atoms with van der Waals surface area (Å²) >= 11 is 0. The van der Waals surface area contributed by atoms with Crippen molar-refractivity contribution in [3.8, 4) is 6.07 Å². The highest BCUT2D eigenvalue weighted by molar-refractivity contribution is 5.03. The topological polar surface area (TPSA) is 54.3 Å². The van der Waals surface area contributed by atoms with Gasteiger partial charge in [-0.2, -0.15) is 5.26 Å². The molecule has 4 nitrogen and oxygen atoms in total. The van der Waals surface area contributed by atoms with Gasteiger partial charge in [-0.15, -0.1) is 0 Å². The van der Waals surface area contributed by atoms with Crippen LogP contribution in [-0.4, -0.2) is 38.5 Å². The van der Waals surface area contributed by atoms with Crippen molar-refractivity contribution in [1.29, 1.82) is 5.26 Å². The molecule has 94 valence electrons. The van der Waals surface area contributed by atoms with Crippen LogP contribution in [0.25, 0.3) is 0 Å². The molecule has 0 aromatic heterocycles. The van der Waals surface area contributed by atoms with Crippen LogP contribution in [0, 0.1) is 11.3 Å². The number of nitriles is 1. The lowest BCUT2D eigenvalue weighted by atomic mass is 9.97. The molecule has 0 spiro atoms. The molecule has 0 amide bonds. The molecule has 16 heavy (non-hydrogen) atoms. The Morgan fingerprint density at radius 2 is 2.06 bits per heavy atom. The minimum Gasteiger partial charge on any atom is -0.379 e. The zero-order valence-corrected chi connectivity index (χ0v) is 10.9. The molecule has 0 aromatic carbocycles. The van der Waals surface area contributed by atoms with Crippen LogP contribution in [0.2, 0.25) is 0 Å². The third-order valence-corrected chi connectivity index (χ3v) is 2.47. The maximum Gasteiger partial charge on any atom is 0.106 e. The lowest BCUT2D eigenvalue weighted by Crippen LogP contribution is -2.41. The number of nitrogens with zero attached hydrogens (tertiary/aromatic N) is 1. The zero-order chi connectivity index (χ0) is 12.4. The Balaban J connectivity index is 3.66. The summed E-state index contributed by atoms with van der Waals surface area (Å²) in [6, 6.07) is 2.25. The van der Waals surface area contributed by atoms with E-state index in [-0.39, 0.29) is 6.10 Å². The summed E-state index contributed by atoms with van der Waals surface area (Å²) in [5, 5.41) is 12.0. The van der Waals surface area contributed by atoms with Gasteiger partial charge in [0.2, 0.25) is 0 Å². The van der Waals surface area contributed by atoms with Gasteiger partial charge >= 0.3 is 0 Å². The van der Waals surface area contributed by atoms with Crippen molar-refractivity contribution >= 4 is 0 Å². The second-order valence-electron chi connectivity index (χ2n) is 4.19. The molecule has 0 aliphatic rings. The van der Waals surface area contributed by atoms with Gasteiger partial charge in [-0.1, -0.05) is 6.92 Å². The molecule has 1 N–H and O–H groups in total. The lowest BCUT2D eigenvalue weighted by molar-refractivity contribution is 0.00308. The van der Waals surface area contributed by atoms with Gasteiger partial charge in [0.25, 0.3) is 0 Å². The first-order chi connectivity index (χ1) is 7.58. The summed E-state index contributed by atoms with van der Waals surface area (Å²) in [7, 11) is 1.79. The van der Waals surface area contributed by atoms with Crippen molar-refractivity contribution in [3.63, 3.8) is 0 Å². The molecule has 2 unspecified atom stereocenters. The van der Waals surface area contributed by atoms with E-state index >= 15 is 0 Å². The first-order valence-corrected chi connectivity index (χ1v) is 5.87. The average Bonchev–Trinajstić information content (AvgIpc) is 2.28. The van der Waals surface area contributed by atoms with Gasteiger partial charge in [0, 0.05) is 13.0 Å². The fourth-order valence-electron chi connectivity index (χ4n) is 1.39. The molecule has 0 aliphatic heterocycles. The maximum absolute atomic E-state index is 8.98. The molecule has 0 saturated heterocycles. The van der Waals surface area contributed by atoms with Gasteiger partial charge in [-0.25, -0.2) is 0 Å². The van der Waals surface area contributed by atoms with E-state index in [9.17, 15) is 0 Å². The van der Waals surface area contributed by atoms with Crippen molar-refractivity contribution in [3.05, 3.63) is 0 Å². The van der Waals surface area contributed by atoms with Crippen LogP contribution in [0.15, 0.2) is 0 Å². The lowest BCUT2D eigenvalue weighted by Gasteiger charge is -2.24. The van der Waals surface area contributed by atoms with Crippen LogP contribution < -0.4 is 5.32 Å². The monoisotopic (exact) mass is 228 g/mol. The first-order valence-electron chi connectivity index (χ1n) is 5.87. The molecule has 0 rings (SSSR count). The summed E-state index contributed by atoms with van der Waals surface area (Å²) in [5.74, 6) is 0. The van der Waals surface area contributed by atoms with Crippen molar-refractivity contribution in [2.45, 2.75) is 45.3 Å². The Bertz CT molecular complexity index is 216. The number of hydrogen-bond donors (Lipinski definition) is 1. The third-order valence-electron chi connectivity index (χ3n) is 2.47. The molecule has 0 bridgehead atoms. The molecule has 0 fully saturated rings. The third kappa shape index (κ3) is 6.78. The predicted octanol–water partition coefficient (Wildman–Crippen LogP) is 1.71. The van der Waals surface area contributed by atoms with Crippen molar-refractivity contribution in [2.75, 3.05) is 26.9 Å². The summed E-state index contributed by atoms with van der Waals surface area (Å²) in [6.07, 6.45) is 1.76. The molecular weight excluding hydrogens is 204 g/mol. The van der Waals surface area contributed by atoms with E-state index in [0.717, 1.165) is 13.0 Å². The standard InChI is InChI=1S/C12H24N2O2/c1-5-6-15-7-8-16-11(2)9-12(3,10-13)14-4/h11,14H,5-9H2,1-4H3. The van der Waals surface area contributed by atoms with Gasteiger partial charge in [0.15, 0.2) is 0 Å². The van der Waals surface area contributed by atoms with Crippen LogP contribution >= 0.6 is 0 Å². The molecule has 0 aromatic rings. The molecular formula is C12H24N2O2. The molecule has 2 atom stereocenters. The zero-order valence-electron chi connectivity index (χ0n) is 10.9. The highest BCUT2D eigenvalue weighted by atomic mass is 16.5.